The van der Waals surface area contributed by atoms with E-state index >= 15 is 0 Å². The Morgan fingerprint density at radius 2 is 1.27 bits per heavy atom. The van der Waals surface area contributed by atoms with Gasteiger partial charge < -0.3 is 14.8 Å². The molecule has 0 aliphatic carbocycles. The zero-order valence-corrected chi connectivity index (χ0v) is 16.2. The van der Waals surface area contributed by atoms with Gasteiger partial charge in [-0.1, -0.05) is 60.7 Å². The second-order valence-electron chi connectivity index (χ2n) is 6.36. The van der Waals surface area contributed by atoms with Gasteiger partial charge in [0, 0.05) is 11.1 Å². The first-order valence-electron chi connectivity index (χ1n) is 9.45. The molecule has 30 heavy (non-hydrogen) atoms. The maximum Gasteiger partial charge on any atom is 0.338 e. The number of ketones is 1. The monoisotopic (exact) mass is 403 g/mol. The van der Waals surface area contributed by atoms with Gasteiger partial charge in [-0.05, 0) is 24.3 Å². The van der Waals surface area contributed by atoms with Crippen molar-refractivity contribution in [1.29, 1.82) is 0 Å². The van der Waals surface area contributed by atoms with Crippen LogP contribution in [0.25, 0.3) is 0 Å². The third kappa shape index (κ3) is 6.04. The molecule has 3 aromatic rings. The number of esters is 1. The molecule has 0 heterocycles. The van der Waals surface area contributed by atoms with Gasteiger partial charge in [-0.3, -0.25) is 9.59 Å². The summed E-state index contributed by atoms with van der Waals surface area (Å²) in [6, 6.07) is 24.3. The molecule has 0 aromatic heterocycles. The van der Waals surface area contributed by atoms with E-state index in [0.717, 1.165) is 0 Å². The Morgan fingerprint density at radius 3 is 1.93 bits per heavy atom. The predicted octanol–water partition coefficient (Wildman–Crippen LogP) is 3.27. The number of nitrogens with one attached hydrogen (secondary N) is 1. The Morgan fingerprint density at radius 1 is 0.700 bits per heavy atom. The minimum Gasteiger partial charge on any atom is -0.492 e. The first-order chi connectivity index (χ1) is 14.6. The Kier molecular flexibility index (Phi) is 7.33. The van der Waals surface area contributed by atoms with E-state index in [1.54, 1.807) is 36.4 Å². The number of hydrogen-bond donors (Lipinski definition) is 1. The van der Waals surface area contributed by atoms with E-state index in [-0.39, 0.29) is 11.3 Å². The van der Waals surface area contributed by atoms with Crippen molar-refractivity contribution in [3.8, 4) is 5.75 Å². The molecule has 0 unspecified atom stereocenters. The van der Waals surface area contributed by atoms with Gasteiger partial charge in [0.2, 0.25) is 0 Å². The highest BCUT2D eigenvalue weighted by Gasteiger charge is 2.13. The van der Waals surface area contributed by atoms with E-state index in [1.165, 1.54) is 12.1 Å². The second-order valence-corrected chi connectivity index (χ2v) is 6.36. The van der Waals surface area contributed by atoms with Crippen molar-refractivity contribution in [1.82, 2.24) is 5.32 Å². The average Bonchev–Trinajstić information content (AvgIpc) is 2.81. The fraction of sp³-hybridized carbons (Fsp3) is 0.125. The minimum atomic E-state index is -0.635. The summed E-state index contributed by atoms with van der Waals surface area (Å²) in [5.41, 5.74) is 1.30. The molecule has 0 fully saturated rings. The van der Waals surface area contributed by atoms with Crippen LogP contribution in [0.4, 0.5) is 0 Å². The highest BCUT2D eigenvalue weighted by atomic mass is 16.5. The third-order valence-electron chi connectivity index (χ3n) is 4.19. The van der Waals surface area contributed by atoms with Gasteiger partial charge in [-0.15, -0.1) is 0 Å². The molecule has 3 rings (SSSR count). The third-order valence-corrected chi connectivity index (χ3v) is 4.19. The first-order valence-corrected chi connectivity index (χ1v) is 9.45. The summed E-state index contributed by atoms with van der Waals surface area (Å²) in [5, 5.41) is 2.62. The van der Waals surface area contributed by atoms with E-state index in [4.69, 9.17) is 9.47 Å². The van der Waals surface area contributed by atoms with Crippen molar-refractivity contribution < 1.29 is 23.9 Å². The zero-order chi connectivity index (χ0) is 21.2. The minimum absolute atomic E-state index is 0.132. The summed E-state index contributed by atoms with van der Waals surface area (Å²) in [5.74, 6) is -0.472. The number of hydrogen-bond acceptors (Lipinski definition) is 5. The van der Waals surface area contributed by atoms with Crippen LogP contribution < -0.4 is 10.1 Å². The summed E-state index contributed by atoms with van der Waals surface area (Å²) in [6.07, 6.45) is 0. The molecular formula is C24H21NO5. The number of carbonyl (C=O) groups excluding carboxylic acids is 3. The van der Waals surface area contributed by atoms with Gasteiger partial charge >= 0.3 is 5.97 Å². The van der Waals surface area contributed by atoms with Crippen LogP contribution in [-0.4, -0.2) is 37.4 Å². The quantitative estimate of drug-likeness (QED) is 0.337. The molecule has 6 nitrogen and oxygen atoms in total. The van der Waals surface area contributed by atoms with Gasteiger partial charge in [-0.2, -0.15) is 0 Å². The fourth-order valence-electron chi connectivity index (χ4n) is 2.66. The molecule has 1 N–H and O–H groups in total. The van der Waals surface area contributed by atoms with Crippen LogP contribution in [-0.2, 0) is 9.53 Å². The Labute approximate surface area is 174 Å². The number of amides is 1. The maximum absolute atomic E-state index is 12.4. The molecule has 0 radical (unpaired) electrons. The summed E-state index contributed by atoms with van der Waals surface area (Å²) in [6.45, 7) is 0.205. The first kappa shape index (κ1) is 20.8. The Balaban J connectivity index is 1.41. The van der Waals surface area contributed by atoms with Gasteiger partial charge in [-0.25, -0.2) is 4.79 Å². The van der Waals surface area contributed by atoms with Crippen LogP contribution in [0.2, 0.25) is 0 Å². The predicted molar refractivity (Wildman–Crippen MR) is 112 cm³/mol. The molecular weight excluding hydrogens is 382 g/mol. The standard InChI is InChI=1S/C24H21NO5/c26-22(25-15-16-29-21-9-5-2-6-10-21)17-30-24(28)20-13-11-19(12-14-20)23(27)18-7-3-1-4-8-18/h1-14H,15-17H2,(H,25,26). The smallest absolute Gasteiger partial charge is 0.338 e. The summed E-state index contributed by atoms with van der Waals surface area (Å²) in [4.78, 5) is 36.3. The molecule has 0 aliphatic rings. The molecule has 0 atom stereocenters. The lowest BCUT2D eigenvalue weighted by atomic mass is 10.0. The van der Waals surface area contributed by atoms with Crippen molar-refractivity contribution in [2.24, 2.45) is 0 Å². The van der Waals surface area contributed by atoms with Crippen molar-refractivity contribution in [3.05, 3.63) is 102 Å². The molecule has 152 valence electrons. The van der Waals surface area contributed by atoms with Crippen LogP contribution in [0.15, 0.2) is 84.9 Å². The van der Waals surface area contributed by atoms with E-state index in [2.05, 4.69) is 5.32 Å². The lowest BCUT2D eigenvalue weighted by Gasteiger charge is -2.08. The summed E-state index contributed by atoms with van der Waals surface area (Å²) >= 11 is 0. The van der Waals surface area contributed by atoms with Crippen molar-refractivity contribution in [2.75, 3.05) is 19.8 Å². The lowest BCUT2D eigenvalue weighted by molar-refractivity contribution is -0.124. The summed E-state index contributed by atoms with van der Waals surface area (Å²) in [7, 11) is 0. The van der Waals surface area contributed by atoms with Crippen molar-refractivity contribution in [2.45, 2.75) is 0 Å². The topological polar surface area (TPSA) is 81.7 Å². The van der Waals surface area contributed by atoms with E-state index < -0.39 is 18.5 Å². The van der Waals surface area contributed by atoms with Crippen molar-refractivity contribution >= 4 is 17.7 Å². The Bertz CT molecular complexity index is 985. The second kappa shape index (κ2) is 10.6. The normalized spacial score (nSPS) is 10.1. The number of ether oxygens (including phenoxy) is 2. The number of rotatable bonds is 9. The summed E-state index contributed by atoms with van der Waals surface area (Å²) < 4.78 is 10.5. The molecule has 0 saturated carbocycles. The van der Waals surface area contributed by atoms with Crippen LogP contribution in [0.5, 0.6) is 5.75 Å². The molecule has 0 bridgehead atoms. The van der Waals surface area contributed by atoms with Crippen LogP contribution in [0, 0.1) is 0 Å². The van der Waals surface area contributed by atoms with Crippen LogP contribution >= 0.6 is 0 Å². The molecule has 1 amide bonds. The maximum atomic E-state index is 12.4. The molecule has 0 aliphatic heterocycles. The number of carbonyl (C=O) groups is 3. The van der Waals surface area contributed by atoms with Crippen LogP contribution in [0.1, 0.15) is 26.3 Å². The Hall–Kier alpha value is -3.93. The molecule has 6 heteroatoms. The zero-order valence-electron chi connectivity index (χ0n) is 16.2. The number of para-hydroxylation sites is 1. The molecule has 0 saturated heterocycles. The van der Waals surface area contributed by atoms with Gasteiger partial charge in [0.05, 0.1) is 12.1 Å². The average molecular weight is 403 g/mol. The fourth-order valence-corrected chi connectivity index (χ4v) is 2.66. The number of benzene rings is 3. The lowest BCUT2D eigenvalue weighted by Crippen LogP contribution is -2.32. The van der Waals surface area contributed by atoms with Crippen molar-refractivity contribution in [3.63, 3.8) is 0 Å². The van der Waals surface area contributed by atoms with Gasteiger partial charge in [0.25, 0.3) is 5.91 Å². The largest absolute Gasteiger partial charge is 0.492 e. The SMILES string of the molecule is O=C(COC(=O)c1ccc(C(=O)c2ccccc2)cc1)NCCOc1ccccc1. The van der Waals surface area contributed by atoms with Gasteiger partial charge in [0.1, 0.15) is 12.4 Å². The van der Waals surface area contributed by atoms with E-state index in [1.807, 2.05) is 36.4 Å². The molecule has 0 spiro atoms. The van der Waals surface area contributed by atoms with E-state index in [9.17, 15) is 14.4 Å². The van der Waals surface area contributed by atoms with Crippen LogP contribution in [0.3, 0.4) is 0 Å². The highest BCUT2D eigenvalue weighted by Crippen LogP contribution is 2.12. The highest BCUT2D eigenvalue weighted by molar-refractivity contribution is 6.09. The molecule has 3 aromatic carbocycles. The van der Waals surface area contributed by atoms with E-state index in [0.29, 0.717) is 30.0 Å². The van der Waals surface area contributed by atoms with Gasteiger partial charge in [0.15, 0.2) is 12.4 Å².